The van der Waals surface area contributed by atoms with E-state index >= 15 is 0 Å². The van der Waals surface area contributed by atoms with Crippen LogP contribution in [0.4, 0.5) is 0 Å². The lowest BCUT2D eigenvalue weighted by atomic mass is 10.0. The molecule has 0 atom stereocenters. The Morgan fingerprint density at radius 1 is 1.23 bits per heavy atom. The van der Waals surface area contributed by atoms with Crippen LogP contribution in [-0.4, -0.2) is 35.2 Å². The number of aliphatic hydroxyl groups is 1. The predicted molar refractivity (Wildman–Crippen MR) is 57.9 cm³/mol. The second-order valence-corrected chi connectivity index (χ2v) is 4.51. The molecule has 0 heterocycles. The molecule has 0 rings (SSSR count). The Balaban J connectivity index is 3.78. The van der Waals surface area contributed by atoms with Gasteiger partial charge in [0.15, 0.2) is 0 Å². The summed E-state index contributed by atoms with van der Waals surface area (Å²) in [4.78, 5) is 2.35. The van der Waals surface area contributed by atoms with Gasteiger partial charge in [0.1, 0.15) is 0 Å². The Bertz CT molecular complexity index is 125. The zero-order valence-corrected chi connectivity index (χ0v) is 9.80. The standard InChI is InChI=1S/C11H25NO/c1-6-10(7-2)12(5)9-8-11(3,4)13/h10,13H,6-9H2,1-5H3. The fraction of sp³-hybridized carbons (Fsp3) is 1.00. The summed E-state index contributed by atoms with van der Waals surface area (Å²) < 4.78 is 0. The second kappa shape index (κ2) is 5.61. The molecule has 0 aliphatic heterocycles. The van der Waals surface area contributed by atoms with Crippen molar-refractivity contribution in [3.63, 3.8) is 0 Å². The average molecular weight is 187 g/mol. The van der Waals surface area contributed by atoms with Crippen LogP contribution < -0.4 is 0 Å². The van der Waals surface area contributed by atoms with E-state index in [2.05, 4.69) is 25.8 Å². The minimum Gasteiger partial charge on any atom is -0.390 e. The molecule has 1 N–H and O–H groups in total. The molecule has 0 bridgehead atoms. The van der Waals surface area contributed by atoms with Gasteiger partial charge in [0, 0.05) is 12.6 Å². The first kappa shape index (κ1) is 12.9. The van der Waals surface area contributed by atoms with Crippen molar-refractivity contribution in [1.29, 1.82) is 0 Å². The van der Waals surface area contributed by atoms with Gasteiger partial charge in [-0.3, -0.25) is 0 Å². The molecule has 0 spiro atoms. The van der Waals surface area contributed by atoms with Crippen molar-refractivity contribution in [2.45, 2.75) is 58.6 Å². The van der Waals surface area contributed by atoms with Crippen LogP contribution in [0.15, 0.2) is 0 Å². The molecule has 0 unspecified atom stereocenters. The van der Waals surface area contributed by atoms with Crippen LogP contribution in [0.5, 0.6) is 0 Å². The Kier molecular flexibility index (Phi) is 5.57. The second-order valence-electron chi connectivity index (χ2n) is 4.51. The summed E-state index contributed by atoms with van der Waals surface area (Å²) in [7, 11) is 2.14. The lowest BCUT2D eigenvalue weighted by Gasteiger charge is -2.28. The zero-order valence-electron chi connectivity index (χ0n) is 9.80. The van der Waals surface area contributed by atoms with Gasteiger partial charge in [-0.1, -0.05) is 13.8 Å². The summed E-state index contributed by atoms with van der Waals surface area (Å²) in [5.41, 5.74) is -0.527. The molecule has 0 aromatic heterocycles. The zero-order chi connectivity index (χ0) is 10.5. The SMILES string of the molecule is CCC(CC)N(C)CCC(C)(C)O. The molecule has 0 radical (unpaired) electrons. The average Bonchev–Trinajstić information content (AvgIpc) is 2.02. The van der Waals surface area contributed by atoms with E-state index in [1.165, 1.54) is 12.8 Å². The van der Waals surface area contributed by atoms with Crippen LogP contribution in [0.25, 0.3) is 0 Å². The van der Waals surface area contributed by atoms with Crippen LogP contribution in [0.3, 0.4) is 0 Å². The molecule has 0 amide bonds. The molecule has 80 valence electrons. The molecule has 0 aromatic rings. The number of rotatable bonds is 6. The third-order valence-electron chi connectivity index (χ3n) is 2.64. The Morgan fingerprint density at radius 3 is 2.00 bits per heavy atom. The first-order valence-corrected chi connectivity index (χ1v) is 5.33. The van der Waals surface area contributed by atoms with E-state index in [0.717, 1.165) is 13.0 Å². The van der Waals surface area contributed by atoms with Crippen molar-refractivity contribution in [2.75, 3.05) is 13.6 Å². The maximum atomic E-state index is 9.57. The number of hydrogen-bond acceptors (Lipinski definition) is 2. The molecule has 0 saturated heterocycles. The van der Waals surface area contributed by atoms with E-state index in [9.17, 15) is 5.11 Å². The molecule has 13 heavy (non-hydrogen) atoms. The van der Waals surface area contributed by atoms with E-state index in [1.54, 1.807) is 0 Å². The fourth-order valence-electron chi connectivity index (χ4n) is 1.54. The van der Waals surface area contributed by atoms with Gasteiger partial charge in [0.05, 0.1) is 5.60 Å². The normalized spacial score (nSPS) is 12.9. The predicted octanol–water partition coefficient (Wildman–Crippen LogP) is 2.27. The van der Waals surface area contributed by atoms with Gasteiger partial charge in [-0.25, -0.2) is 0 Å². The van der Waals surface area contributed by atoms with Gasteiger partial charge in [-0.15, -0.1) is 0 Å². The van der Waals surface area contributed by atoms with Crippen LogP contribution >= 0.6 is 0 Å². The Morgan fingerprint density at radius 2 is 1.69 bits per heavy atom. The van der Waals surface area contributed by atoms with Crippen LogP contribution in [0.2, 0.25) is 0 Å². The molecule has 0 fully saturated rings. The summed E-state index contributed by atoms with van der Waals surface area (Å²) in [6, 6.07) is 0.669. The molecule has 0 aliphatic rings. The smallest absolute Gasteiger partial charge is 0.0603 e. The van der Waals surface area contributed by atoms with Crippen molar-refractivity contribution in [2.24, 2.45) is 0 Å². The van der Waals surface area contributed by atoms with Gasteiger partial charge in [0.25, 0.3) is 0 Å². The van der Waals surface area contributed by atoms with Crippen LogP contribution in [0.1, 0.15) is 47.0 Å². The van der Waals surface area contributed by atoms with Crippen molar-refractivity contribution in [1.82, 2.24) is 4.90 Å². The summed E-state index contributed by atoms with van der Waals surface area (Å²) in [6.07, 6.45) is 3.23. The first-order chi connectivity index (χ1) is 5.90. The lowest BCUT2D eigenvalue weighted by molar-refractivity contribution is 0.0549. The van der Waals surface area contributed by atoms with E-state index in [-0.39, 0.29) is 0 Å². The first-order valence-electron chi connectivity index (χ1n) is 5.33. The fourth-order valence-corrected chi connectivity index (χ4v) is 1.54. The topological polar surface area (TPSA) is 23.5 Å². The highest BCUT2D eigenvalue weighted by molar-refractivity contribution is 4.71. The molecule has 2 heteroatoms. The van der Waals surface area contributed by atoms with Crippen molar-refractivity contribution in [3.8, 4) is 0 Å². The lowest BCUT2D eigenvalue weighted by Crippen LogP contribution is -2.35. The van der Waals surface area contributed by atoms with Crippen molar-refractivity contribution >= 4 is 0 Å². The summed E-state index contributed by atoms with van der Waals surface area (Å²) >= 11 is 0. The summed E-state index contributed by atoms with van der Waals surface area (Å²) in [5, 5.41) is 9.57. The van der Waals surface area contributed by atoms with Crippen LogP contribution in [-0.2, 0) is 0 Å². The minimum atomic E-state index is -0.527. The number of nitrogens with zero attached hydrogens (tertiary/aromatic N) is 1. The summed E-state index contributed by atoms with van der Waals surface area (Å²) in [6.45, 7) is 9.15. The number of hydrogen-bond donors (Lipinski definition) is 1. The maximum Gasteiger partial charge on any atom is 0.0603 e. The Hall–Kier alpha value is -0.0800. The molecule has 0 aliphatic carbocycles. The highest BCUT2D eigenvalue weighted by atomic mass is 16.3. The molecule has 2 nitrogen and oxygen atoms in total. The summed E-state index contributed by atoms with van der Waals surface area (Å²) in [5.74, 6) is 0. The van der Waals surface area contributed by atoms with E-state index in [1.807, 2.05) is 13.8 Å². The van der Waals surface area contributed by atoms with E-state index < -0.39 is 5.60 Å². The van der Waals surface area contributed by atoms with Gasteiger partial charge in [-0.2, -0.15) is 0 Å². The largest absolute Gasteiger partial charge is 0.390 e. The molecular weight excluding hydrogens is 162 g/mol. The van der Waals surface area contributed by atoms with Crippen LogP contribution in [0, 0.1) is 0 Å². The monoisotopic (exact) mass is 187 g/mol. The van der Waals surface area contributed by atoms with E-state index in [0.29, 0.717) is 6.04 Å². The quantitative estimate of drug-likeness (QED) is 0.689. The van der Waals surface area contributed by atoms with E-state index in [4.69, 9.17) is 0 Å². The third kappa shape index (κ3) is 6.05. The van der Waals surface area contributed by atoms with Gasteiger partial charge >= 0.3 is 0 Å². The minimum absolute atomic E-state index is 0.527. The molecule has 0 saturated carbocycles. The van der Waals surface area contributed by atoms with Crippen molar-refractivity contribution in [3.05, 3.63) is 0 Å². The highest BCUT2D eigenvalue weighted by Crippen LogP contribution is 2.11. The van der Waals surface area contributed by atoms with Gasteiger partial charge in [-0.05, 0) is 40.2 Å². The van der Waals surface area contributed by atoms with Crippen molar-refractivity contribution < 1.29 is 5.11 Å². The third-order valence-corrected chi connectivity index (χ3v) is 2.64. The highest BCUT2D eigenvalue weighted by Gasteiger charge is 2.16. The molecular formula is C11H25NO. The maximum absolute atomic E-state index is 9.57. The molecule has 0 aromatic carbocycles. The Labute approximate surface area is 82.9 Å². The van der Waals surface area contributed by atoms with Gasteiger partial charge in [0.2, 0.25) is 0 Å². The van der Waals surface area contributed by atoms with Gasteiger partial charge < -0.3 is 10.0 Å².